The number of carbonyl (C=O) groups is 1. The van der Waals surface area contributed by atoms with Crippen LogP contribution in [0.25, 0.3) is 0 Å². The van der Waals surface area contributed by atoms with Crippen molar-refractivity contribution in [1.82, 2.24) is 0 Å². The third-order valence-electron chi connectivity index (χ3n) is 3.61. The van der Waals surface area contributed by atoms with Crippen molar-refractivity contribution in [2.75, 3.05) is 0 Å². The van der Waals surface area contributed by atoms with E-state index < -0.39 is 21.5 Å². The minimum absolute atomic E-state index is 0. The molecule has 1 atom stereocenters. The van der Waals surface area contributed by atoms with Gasteiger partial charge in [-0.05, 0) is 13.3 Å². The van der Waals surface area contributed by atoms with Crippen LogP contribution in [0.4, 0.5) is 0 Å². The minimum atomic E-state index is -4.16. The van der Waals surface area contributed by atoms with E-state index in [1.165, 1.54) is 44.9 Å². The van der Waals surface area contributed by atoms with Crippen molar-refractivity contribution < 1.29 is 22.5 Å². The van der Waals surface area contributed by atoms with Gasteiger partial charge in [-0.1, -0.05) is 71.1 Å². The Morgan fingerprint density at radius 1 is 0.913 bits per heavy atom. The Labute approximate surface area is 164 Å². The van der Waals surface area contributed by atoms with Gasteiger partial charge in [-0.25, -0.2) is 0 Å². The Bertz CT molecular complexity index is 382. The van der Waals surface area contributed by atoms with Crippen LogP contribution in [-0.2, 0) is 19.1 Å². The summed E-state index contributed by atoms with van der Waals surface area (Å²) in [6, 6.07) is 0. The normalized spacial score (nSPS) is 12.5. The van der Waals surface area contributed by atoms with Crippen molar-refractivity contribution in [3.05, 3.63) is 0 Å². The van der Waals surface area contributed by atoms with Crippen molar-refractivity contribution in [2.45, 2.75) is 96.3 Å². The molecule has 1 N–H and O–H groups in total. The molecule has 0 aromatic heterocycles. The van der Waals surface area contributed by atoms with Gasteiger partial charge in [0, 0.05) is 6.42 Å². The van der Waals surface area contributed by atoms with Crippen LogP contribution in [-0.4, -0.2) is 54.5 Å². The second-order valence-electron chi connectivity index (χ2n) is 5.83. The molecule has 0 spiro atoms. The van der Waals surface area contributed by atoms with Gasteiger partial charge in [-0.3, -0.25) is 4.79 Å². The zero-order valence-electron chi connectivity index (χ0n) is 14.1. The van der Waals surface area contributed by atoms with E-state index in [4.69, 9.17) is 5.11 Å². The monoisotopic (exact) mass is 360 g/mol. The number of hydrogen-bond acceptors (Lipinski definition) is 5. The average Bonchev–Trinajstić information content (AvgIpc) is 2.44. The van der Waals surface area contributed by atoms with Crippen LogP contribution in [0.1, 0.15) is 90.9 Å². The first-order valence-electron chi connectivity index (χ1n) is 8.54. The topological polar surface area (TPSA) is 80.7 Å². The van der Waals surface area contributed by atoms with E-state index in [0.29, 0.717) is 6.42 Å². The molecule has 0 rings (SSSR count). The third kappa shape index (κ3) is 15.6. The fourth-order valence-electron chi connectivity index (χ4n) is 2.17. The van der Waals surface area contributed by atoms with E-state index in [0.717, 1.165) is 26.2 Å². The summed E-state index contributed by atoms with van der Waals surface area (Å²) in [6.45, 7) is 3.28. The van der Waals surface area contributed by atoms with Gasteiger partial charge in [0.15, 0.2) is 5.44 Å². The third-order valence-corrected chi connectivity index (χ3v) is 4.87. The first-order chi connectivity index (χ1) is 10.4. The van der Waals surface area contributed by atoms with Gasteiger partial charge >= 0.3 is 45.6 Å². The fourth-order valence-corrected chi connectivity index (χ4v) is 2.66. The Morgan fingerprint density at radius 3 is 1.70 bits per heavy atom. The van der Waals surface area contributed by atoms with Gasteiger partial charge in [0.25, 0.3) is 0 Å². The maximum atomic E-state index is 11.3. The predicted molar refractivity (Wildman–Crippen MR) is 94.9 cm³/mol. The molecule has 0 aliphatic carbocycles. The molecule has 0 fully saturated rings. The van der Waals surface area contributed by atoms with Crippen molar-refractivity contribution in [2.24, 2.45) is 0 Å². The summed E-state index contributed by atoms with van der Waals surface area (Å²) in [5.41, 5.74) is -1.67. The summed E-state index contributed by atoms with van der Waals surface area (Å²) >= 11 is 0. The molecule has 0 bridgehead atoms. The van der Waals surface area contributed by atoms with Crippen LogP contribution < -0.4 is 0 Å². The summed E-state index contributed by atoms with van der Waals surface area (Å²) < 4.78 is 26.6. The average molecular weight is 360 g/mol. The molecular weight excluding hydrogens is 327 g/mol. The molecule has 0 aromatic rings. The maximum absolute atomic E-state index is 11.3. The van der Waals surface area contributed by atoms with Gasteiger partial charge in [0.1, 0.15) is 0 Å². The van der Waals surface area contributed by atoms with Crippen LogP contribution in [0.15, 0.2) is 0 Å². The van der Waals surface area contributed by atoms with Gasteiger partial charge in [0.2, 0.25) is 0 Å². The first-order valence-corrected chi connectivity index (χ1v) is 10.0. The molecule has 0 aliphatic heterocycles. The first kappa shape index (κ1) is 25.6. The predicted octanol–water partition coefficient (Wildman–Crippen LogP) is 3.25. The molecule has 0 aromatic carbocycles. The zero-order valence-corrected chi connectivity index (χ0v) is 14.9. The molecule has 7 heteroatoms. The summed E-state index contributed by atoms with van der Waals surface area (Å²) in [4.78, 5) is 11.3. The van der Waals surface area contributed by atoms with Crippen molar-refractivity contribution >= 4 is 45.6 Å². The molecule has 134 valence electrons. The van der Waals surface area contributed by atoms with E-state index in [1.807, 2.05) is 0 Å². The molecule has 23 heavy (non-hydrogen) atoms. The van der Waals surface area contributed by atoms with Gasteiger partial charge in [-0.15, -0.1) is 0 Å². The number of aliphatic hydroxyl groups is 1. The van der Waals surface area contributed by atoms with Crippen LogP contribution >= 0.6 is 0 Å². The Kier molecular flexibility index (Phi) is 17.7. The van der Waals surface area contributed by atoms with E-state index >= 15 is 0 Å². The van der Waals surface area contributed by atoms with E-state index in [9.17, 15) is 13.2 Å². The molecule has 0 saturated heterocycles. The van der Waals surface area contributed by atoms with E-state index in [2.05, 4.69) is 11.1 Å². The van der Waals surface area contributed by atoms with Gasteiger partial charge < -0.3 is 9.29 Å². The standard InChI is InChI=1S/C16H32O5S.Na.H/c1-3-4-5-6-7-8-9-10-11-12-13-14-16(18)21-22(19,20)15(2)17;;/h15,17H,3-14H2,1-2H3;;. The molecule has 5 nitrogen and oxygen atoms in total. The van der Waals surface area contributed by atoms with Gasteiger partial charge in [-0.2, -0.15) is 8.42 Å². The molecule has 0 saturated carbocycles. The van der Waals surface area contributed by atoms with Crippen molar-refractivity contribution in [1.29, 1.82) is 0 Å². The summed E-state index contributed by atoms with van der Waals surface area (Å²) in [5, 5.41) is 8.92. The Balaban J connectivity index is 0. The number of unbranched alkanes of at least 4 members (excludes halogenated alkanes) is 10. The van der Waals surface area contributed by atoms with Crippen LogP contribution in [0.5, 0.6) is 0 Å². The fraction of sp³-hybridized carbons (Fsp3) is 0.938. The number of rotatable bonds is 14. The second-order valence-corrected chi connectivity index (χ2v) is 7.67. The molecule has 0 heterocycles. The molecule has 0 radical (unpaired) electrons. The SMILES string of the molecule is CCCCCCCCCCCCCC(=O)OS(=O)(=O)C(C)O.[NaH]. The van der Waals surface area contributed by atoms with Crippen LogP contribution in [0.3, 0.4) is 0 Å². The molecule has 0 aliphatic rings. The van der Waals surface area contributed by atoms with E-state index in [1.54, 1.807) is 0 Å². The second kappa shape index (κ2) is 15.9. The Hall–Kier alpha value is 0.380. The zero-order chi connectivity index (χ0) is 16.8. The molecule has 0 amide bonds. The van der Waals surface area contributed by atoms with Crippen LogP contribution in [0.2, 0.25) is 0 Å². The number of hydrogen-bond donors (Lipinski definition) is 1. The van der Waals surface area contributed by atoms with Gasteiger partial charge in [0.05, 0.1) is 0 Å². The number of aliphatic hydroxyl groups excluding tert-OH is 1. The van der Waals surface area contributed by atoms with Crippen molar-refractivity contribution in [3.8, 4) is 0 Å². The summed E-state index contributed by atoms with van der Waals surface area (Å²) in [6.07, 6.45) is 12.9. The summed E-state index contributed by atoms with van der Waals surface area (Å²) in [5.74, 6) is -0.781. The molecular formula is C16H33NaO5S. The Morgan fingerprint density at radius 2 is 1.30 bits per heavy atom. The molecule has 1 unspecified atom stereocenters. The summed E-state index contributed by atoms with van der Waals surface area (Å²) in [7, 11) is -4.16. The quantitative estimate of drug-likeness (QED) is 0.292. The van der Waals surface area contributed by atoms with Crippen LogP contribution in [0, 0.1) is 0 Å². The number of carbonyl (C=O) groups excluding carboxylic acids is 1. The van der Waals surface area contributed by atoms with E-state index in [-0.39, 0.29) is 36.0 Å². The van der Waals surface area contributed by atoms with Crippen molar-refractivity contribution in [3.63, 3.8) is 0 Å².